The van der Waals surface area contributed by atoms with Gasteiger partial charge in [0, 0.05) is 25.7 Å². The van der Waals surface area contributed by atoms with E-state index in [9.17, 15) is 43.2 Å². The van der Waals surface area contributed by atoms with Gasteiger partial charge in [0.25, 0.3) is 0 Å². The Kier molecular flexibility index (Phi) is 73.4. The first-order chi connectivity index (χ1) is 50.7. The molecule has 0 aliphatic rings. The summed E-state index contributed by atoms with van der Waals surface area (Å²) in [5, 5.41) is 10.7. The fraction of sp³-hybridized carbons (Fsp3) is 0.953. The standard InChI is InChI=1S/C86H168O17P2/c1-9-78(7)64-56-48-40-32-26-20-15-17-22-28-34-42-50-58-66-83(88)96-72-81(102-85(90)68-60-52-43-35-29-23-14-12-11-13-19-25-31-38-46-54-62-76(3)4)74-100-104(92,93)98-70-80(87)71-99-105(94,95)101-75-82(73-97-84(89)67-59-51-45-37-39-47-55-63-77(5)6)103-86(91)69-61-53-44-36-30-24-18-16-21-27-33-41-49-57-65-79(8)10-2/h76-82,87H,9-75H2,1-8H3,(H,92,93)(H,94,95)/t78?,79?,80?,81-,82-/m1/s1. The predicted molar refractivity (Wildman–Crippen MR) is 432 cm³/mol. The van der Waals surface area contributed by atoms with Gasteiger partial charge in [0.15, 0.2) is 12.2 Å². The number of carbonyl (C=O) groups is 4. The number of esters is 4. The lowest BCUT2D eigenvalue weighted by atomic mass is 9.99. The quantitative estimate of drug-likeness (QED) is 0.0222. The molecule has 0 bridgehead atoms. The molecule has 0 spiro atoms. The van der Waals surface area contributed by atoms with E-state index in [4.69, 9.17) is 37.0 Å². The van der Waals surface area contributed by atoms with Crippen molar-refractivity contribution in [2.45, 2.75) is 465 Å². The van der Waals surface area contributed by atoms with Gasteiger partial charge in [-0.05, 0) is 49.4 Å². The zero-order valence-electron chi connectivity index (χ0n) is 69.4. The van der Waals surface area contributed by atoms with E-state index < -0.39 is 97.5 Å². The zero-order valence-corrected chi connectivity index (χ0v) is 71.2. The molecule has 105 heavy (non-hydrogen) atoms. The summed E-state index contributed by atoms with van der Waals surface area (Å²) in [7, 11) is -9.93. The van der Waals surface area contributed by atoms with Crippen LogP contribution in [0.4, 0.5) is 0 Å². The number of hydrogen-bond acceptors (Lipinski definition) is 15. The minimum absolute atomic E-state index is 0.107. The Balaban J connectivity index is 5.24. The van der Waals surface area contributed by atoms with Gasteiger partial charge in [0.1, 0.15) is 19.3 Å². The Morgan fingerprint density at radius 3 is 0.676 bits per heavy atom. The van der Waals surface area contributed by atoms with Crippen LogP contribution < -0.4 is 0 Å². The molecular weight excluding hydrogens is 1370 g/mol. The maximum absolute atomic E-state index is 13.1. The van der Waals surface area contributed by atoms with Gasteiger partial charge in [-0.1, -0.05) is 396 Å². The number of phosphoric acid groups is 2. The molecule has 0 rings (SSSR count). The average molecular weight is 1540 g/mol. The van der Waals surface area contributed by atoms with Crippen molar-refractivity contribution in [3.05, 3.63) is 0 Å². The van der Waals surface area contributed by atoms with Crippen LogP contribution in [0.5, 0.6) is 0 Å². The van der Waals surface area contributed by atoms with Crippen LogP contribution in [0.1, 0.15) is 447 Å². The van der Waals surface area contributed by atoms with Crippen LogP contribution >= 0.6 is 15.6 Å². The maximum Gasteiger partial charge on any atom is 0.472 e. The topological polar surface area (TPSA) is 237 Å². The minimum Gasteiger partial charge on any atom is -0.462 e. The smallest absolute Gasteiger partial charge is 0.462 e. The number of carbonyl (C=O) groups excluding carboxylic acids is 4. The van der Waals surface area contributed by atoms with Gasteiger partial charge in [0.2, 0.25) is 0 Å². The molecule has 5 unspecified atom stereocenters. The van der Waals surface area contributed by atoms with Gasteiger partial charge in [0.05, 0.1) is 26.4 Å². The molecule has 0 aromatic carbocycles. The van der Waals surface area contributed by atoms with Crippen molar-refractivity contribution in [2.75, 3.05) is 39.6 Å². The molecule has 0 saturated heterocycles. The molecule has 624 valence electrons. The molecule has 7 atom stereocenters. The molecule has 0 aromatic heterocycles. The molecule has 0 radical (unpaired) electrons. The summed E-state index contributed by atoms with van der Waals surface area (Å²) in [4.78, 5) is 73.2. The van der Waals surface area contributed by atoms with Crippen molar-refractivity contribution in [1.29, 1.82) is 0 Å². The SMILES string of the molecule is CCC(C)CCCCCCCCCCCCCCCCC(=O)OC[C@H](COP(=O)(O)OCC(O)COP(=O)(O)OC[C@@H](COC(=O)CCCCCCCCCC(C)C)OC(=O)CCCCCCCCCCCCCCCCC(C)CC)OC(=O)CCCCCCCCCCCCCCCCCCC(C)C. The molecule has 0 fully saturated rings. The van der Waals surface area contributed by atoms with E-state index in [1.807, 2.05) is 0 Å². The van der Waals surface area contributed by atoms with Crippen molar-refractivity contribution >= 4 is 39.5 Å². The van der Waals surface area contributed by atoms with E-state index in [1.165, 1.54) is 244 Å². The van der Waals surface area contributed by atoms with Crippen LogP contribution in [-0.4, -0.2) is 96.7 Å². The molecule has 0 aliphatic heterocycles. The van der Waals surface area contributed by atoms with Crippen molar-refractivity contribution in [3.63, 3.8) is 0 Å². The van der Waals surface area contributed by atoms with E-state index in [1.54, 1.807) is 0 Å². The summed E-state index contributed by atoms with van der Waals surface area (Å²) in [5.74, 6) is 1.10. The van der Waals surface area contributed by atoms with Gasteiger partial charge in [-0.15, -0.1) is 0 Å². The van der Waals surface area contributed by atoms with Crippen LogP contribution in [0, 0.1) is 23.7 Å². The third kappa shape index (κ3) is 77.2. The highest BCUT2D eigenvalue weighted by atomic mass is 31.2. The van der Waals surface area contributed by atoms with E-state index in [0.29, 0.717) is 31.6 Å². The highest BCUT2D eigenvalue weighted by molar-refractivity contribution is 7.47. The van der Waals surface area contributed by atoms with Gasteiger partial charge in [-0.25, -0.2) is 9.13 Å². The van der Waals surface area contributed by atoms with Gasteiger partial charge >= 0.3 is 39.5 Å². The monoisotopic (exact) mass is 1540 g/mol. The summed E-state index contributed by atoms with van der Waals surface area (Å²) < 4.78 is 68.9. The molecule has 3 N–H and O–H groups in total. The normalized spacial score (nSPS) is 14.4. The summed E-state index contributed by atoms with van der Waals surface area (Å²) >= 11 is 0. The van der Waals surface area contributed by atoms with Crippen LogP contribution in [0.3, 0.4) is 0 Å². The first-order valence-corrected chi connectivity index (χ1v) is 47.3. The average Bonchev–Trinajstić information content (AvgIpc) is 0.982. The van der Waals surface area contributed by atoms with E-state index in [-0.39, 0.29) is 25.7 Å². The minimum atomic E-state index is -4.97. The number of aliphatic hydroxyl groups excluding tert-OH is 1. The largest absolute Gasteiger partial charge is 0.472 e. The Hall–Kier alpha value is -1.94. The fourth-order valence-corrected chi connectivity index (χ4v) is 14.8. The third-order valence-electron chi connectivity index (χ3n) is 20.8. The number of rotatable bonds is 83. The second-order valence-electron chi connectivity index (χ2n) is 32.4. The highest BCUT2D eigenvalue weighted by Crippen LogP contribution is 2.45. The molecule has 0 aliphatic carbocycles. The van der Waals surface area contributed by atoms with Crippen LogP contribution in [0.2, 0.25) is 0 Å². The van der Waals surface area contributed by atoms with Gasteiger partial charge in [-0.3, -0.25) is 37.3 Å². The lowest BCUT2D eigenvalue weighted by Crippen LogP contribution is -2.30. The van der Waals surface area contributed by atoms with Crippen molar-refractivity contribution in [2.24, 2.45) is 23.7 Å². The van der Waals surface area contributed by atoms with Gasteiger partial charge in [-0.2, -0.15) is 0 Å². The first kappa shape index (κ1) is 103. The first-order valence-electron chi connectivity index (χ1n) is 44.3. The van der Waals surface area contributed by atoms with Crippen molar-refractivity contribution in [1.82, 2.24) is 0 Å². The van der Waals surface area contributed by atoms with E-state index in [2.05, 4.69) is 55.4 Å². The molecule has 0 saturated carbocycles. The maximum atomic E-state index is 13.1. The van der Waals surface area contributed by atoms with Crippen LogP contribution in [0.15, 0.2) is 0 Å². The van der Waals surface area contributed by atoms with Crippen molar-refractivity contribution < 1.29 is 80.2 Å². The van der Waals surface area contributed by atoms with Crippen LogP contribution in [-0.2, 0) is 65.4 Å². The fourth-order valence-electron chi connectivity index (χ4n) is 13.3. The lowest BCUT2D eigenvalue weighted by molar-refractivity contribution is -0.161. The predicted octanol–water partition coefficient (Wildman–Crippen LogP) is 25.9. The highest BCUT2D eigenvalue weighted by Gasteiger charge is 2.31. The van der Waals surface area contributed by atoms with Crippen molar-refractivity contribution in [3.8, 4) is 0 Å². The summed E-state index contributed by atoms with van der Waals surface area (Å²) in [6, 6.07) is 0. The number of unbranched alkanes of at least 4 members (excludes halogenated alkanes) is 47. The molecule has 0 amide bonds. The summed E-state index contributed by atoms with van der Waals surface area (Å²) in [6.07, 6.45) is 63.8. The molecule has 19 heteroatoms. The number of phosphoric ester groups is 2. The second-order valence-corrected chi connectivity index (χ2v) is 35.3. The summed E-state index contributed by atoms with van der Waals surface area (Å²) in [6.45, 7) is 14.4. The number of aliphatic hydroxyl groups is 1. The van der Waals surface area contributed by atoms with Crippen LogP contribution in [0.25, 0.3) is 0 Å². The second kappa shape index (κ2) is 74.8. The lowest BCUT2D eigenvalue weighted by Gasteiger charge is -2.21. The zero-order chi connectivity index (χ0) is 77.4. The molecule has 0 heterocycles. The number of hydrogen-bond donors (Lipinski definition) is 3. The molecule has 17 nitrogen and oxygen atoms in total. The van der Waals surface area contributed by atoms with E-state index >= 15 is 0 Å². The molecule has 0 aromatic rings. The van der Waals surface area contributed by atoms with E-state index in [0.717, 1.165) is 114 Å². The Morgan fingerprint density at radius 2 is 0.457 bits per heavy atom. The number of ether oxygens (including phenoxy) is 4. The Bertz CT molecular complexity index is 2050. The molecular formula is C86H168O17P2. The van der Waals surface area contributed by atoms with Gasteiger partial charge < -0.3 is 33.8 Å². The Labute approximate surface area is 645 Å². The third-order valence-corrected chi connectivity index (χ3v) is 22.7. The Morgan fingerprint density at radius 1 is 0.267 bits per heavy atom. The summed E-state index contributed by atoms with van der Waals surface area (Å²) in [5.41, 5.74) is 0.